The Morgan fingerprint density at radius 1 is 0.711 bits per heavy atom. The molecule has 0 radical (unpaired) electrons. The Morgan fingerprint density at radius 3 is 1.78 bits per heavy atom. The zero-order chi connectivity index (χ0) is 31.9. The number of imidazole rings is 2. The van der Waals surface area contributed by atoms with Crippen LogP contribution >= 0.6 is 0 Å². The second-order valence-corrected chi connectivity index (χ2v) is 11.3. The van der Waals surface area contributed by atoms with Gasteiger partial charge in [-0.15, -0.1) is 0 Å². The first-order chi connectivity index (χ1) is 22.0. The minimum Gasteiger partial charge on any atom is -0.391 e. The van der Waals surface area contributed by atoms with E-state index < -0.39 is 0 Å². The van der Waals surface area contributed by atoms with Crippen molar-refractivity contribution in [1.82, 2.24) is 19.1 Å². The molecule has 0 aliphatic carbocycles. The SMILES string of the molecule is CC(=CCn1c(C)nc2ccccc21)CCC=NOCc1ccccc1.CC=CCCC(C)=CCn1c(C)nc2ccccc21. The maximum absolute atomic E-state index is 5.32. The monoisotopic (exact) mass is 601 g/mol. The van der Waals surface area contributed by atoms with Gasteiger partial charge in [-0.3, -0.25) is 0 Å². The number of rotatable bonds is 13. The molecule has 6 nitrogen and oxygen atoms in total. The van der Waals surface area contributed by atoms with Gasteiger partial charge in [0.2, 0.25) is 0 Å². The van der Waals surface area contributed by atoms with Gasteiger partial charge in [0, 0.05) is 19.3 Å². The molecule has 45 heavy (non-hydrogen) atoms. The lowest BCUT2D eigenvalue weighted by Crippen LogP contribution is -1.98. The fourth-order valence-corrected chi connectivity index (χ4v) is 5.11. The van der Waals surface area contributed by atoms with E-state index in [4.69, 9.17) is 4.84 Å². The van der Waals surface area contributed by atoms with Gasteiger partial charge in [0.05, 0.1) is 22.1 Å². The normalized spacial score (nSPS) is 12.4. The van der Waals surface area contributed by atoms with Gasteiger partial charge in [-0.1, -0.05) is 95.2 Å². The van der Waals surface area contributed by atoms with Crippen LogP contribution < -0.4 is 0 Å². The highest BCUT2D eigenvalue weighted by atomic mass is 16.6. The summed E-state index contributed by atoms with van der Waals surface area (Å²) in [6.45, 7) is 12.8. The number of hydrogen-bond acceptors (Lipinski definition) is 4. The van der Waals surface area contributed by atoms with E-state index in [1.807, 2.05) is 48.7 Å². The van der Waals surface area contributed by atoms with E-state index in [2.05, 4.69) is 120 Å². The van der Waals surface area contributed by atoms with Gasteiger partial charge in [0.25, 0.3) is 0 Å². The molecule has 0 atom stereocenters. The van der Waals surface area contributed by atoms with Crippen LogP contribution in [0.25, 0.3) is 22.1 Å². The summed E-state index contributed by atoms with van der Waals surface area (Å²) in [5, 5.41) is 4.04. The van der Waals surface area contributed by atoms with Gasteiger partial charge < -0.3 is 14.0 Å². The van der Waals surface area contributed by atoms with Gasteiger partial charge in [0.1, 0.15) is 18.3 Å². The molecule has 0 unspecified atom stereocenters. The lowest BCUT2D eigenvalue weighted by molar-refractivity contribution is 0.131. The molecule has 0 spiro atoms. The third-order valence-electron chi connectivity index (χ3n) is 7.77. The highest BCUT2D eigenvalue weighted by molar-refractivity contribution is 5.76. The van der Waals surface area contributed by atoms with Crippen LogP contribution in [0.1, 0.15) is 63.7 Å². The smallest absolute Gasteiger partial charge is 0.142 e. The summed E-state index contributed by atoms with van der Waals surface area (Å²) >= 11 is 0. The molecule has 0 fully saturated rings. The second-order valence-electron chi connectivity index (χ2n) is 11.3. The van der Waals surface area contributed by atoms with Crippen LogP contribution in [0.15, 0.2) is 119 Å². The summed E-state index contributed by atoms with van der Waals surface area (Å²) < 4.78 is 4.52. The van der Waals surface area contributed by atoms with Crippen LogP contribution in [-0.2, 0) is 24.5 Å². The van der Waals surface area contributed by atoms with Crippen molar-refractivity contribution in [3.8, 4) is 0 Å². The molecule has 0 aliphatic rings. The van der Waals surface area contributed by atoms with E-state index in [-0.39, 0.29) is 0 Å². The Morgan fingerprint density at radius 2 is 1.22 bits per heavy atom. The molecule has 0 amide bonds. The number of fused-ring (bicyclic) bond motifs is 2. The number of allylic oxidation sites excluding steroid dienone is 6. The summed E-state index contributed by atoms with van der Waals surface area (Å²) in [6, 6.07) is 26.6. The van der Waals surface area contributed by atoms with E-state index in [1.54, 1.807) is 0 Å². The zero-order valence-electron chi connectivity index (χ0n) is 27.5. The van der Waals surface area contributed by atoms with Crippen LogP contribution in [0, 0.1) is 13.8 Å². The summed E-state index contributed by atoms with van der Waals surface area (Å²) in [4.78, 5) is 14.5. The quantitative estimate of drug-likeness (QED) is 0.0767. The van der Waals surface area contributed by atoms with Crippen molar-refractivity contribution in [1.29, 1.82) is 0 Å². The molecule has 5 rings (SSSR count). The predicted octanol–water partition coefficient (Wildman–Crippen LogP) is 9.92. The molecule has 0 bridgehead atoms. The molecule has 2 aromatic heterocycles. The number of aromatic nitrogens is 4. The topological polar surface area (TPSA) is 57.2 Å². The molecule has 3 aromatic carbocycles. The number of oxime groups is 1. The van der Waals surface area contributed by atoms with Crippen molar-refractivity contribution in [2.24, 2.45) is 5.16 Å². The lowest BCUT2D eigenvalue weighted by Gasteiger charge is -2.04. The van der Waals surface area contributed by atoms with Crippen molar-refractivity contribution in [2.45, 2.75) is 80.0 Å². The van der Waals surface area contributed by atoms with E-state index in [9.17, 15) is 0 Å². The number of benzene rings is 3. The Kier molecular flexibility index (Phi) is 12.9. The van der Waals surface area contributed by atoms with Crippen molar-refractivity contribution < 1.29 is 4.84 Å². The molecule has 5 aromatic rings. The van der Waals surface area contributed by atoms with Gasteiger partial charge in [-0.05, 0) is 90.1 Å². The summed E-state index contributed by atoms with van der Waals surface area (Å²) in [7, 11) is 0. The van der Waals surface area contributed by atoms with Crippen molar-refractivity contribution >= 4 is 28.3 Å². The Bertz CT molecular complexity index is 1750. The van der Waals surface area contributed by atoms with Crippen LogP contribution in [0.4, 0.5) is 0 Å². The van der Waals surface area contributed by atoms with Crippen LogP contribution in [0.5, 0.6) is 0 Å². The van der Waals surface area contributed by atoms with E-state index in [0.717, 1.165) is 67.0 Å². The molecular weight excluding hydrogens is 554 g/mol. The van der Waals surface area contributed by atoms with Crippen molar-refractivity contribution in [3.63, 3.8) is 0 Å². The standard InChI is InChI=1S/C22H25N3O.C17H22N2/c1-18(9-8-15-23-26-17-20-10-4-3-5-11-20)14-16-25-19(2)24-21-12-6-7-13-22(21)25;1-4-5-6-9-14(2)12-13-19-15(3)18-16-10-7-8-11-17(16)19/h3-7,10-15H,8-9,16-17H2,1-2H3;4-5,7-8,10-12H,6,9,13H2,1-3H3. The highest BCUT2D eigenvalue weighted by Gasteiger charge is 2.06. The average molecular weight is 602 g/mol. The van der Waals surface area contributed by atoms with Crippen LogP contribution in [0.3, 0.4) is 0 Å². The third kappa shape index (κ3) is 10.2. The second kappa shape index (κ2) is 17.6. The molecule has 0 saturated heterocycles. The van der Waals surface area contributed by atoms with Gasteiger partial charge >= 0.3 is 0 Å². The van der Waals surface area contributed by atoms with E-state index in [0.29, 0.717) is 6.61 Å². The minimum atomic E-state index is 0.513. The molecule has 6 heteroatoms. The molecule has 0 saturated carbocycles. The molecule has 2 heterocycles. The lowest BCUT2D eigenvalue weighted by atomic mass is 10.1. The largest absolute Gasteiger partial charge is 0.391 e. The Hall–Kier alpha value is -4.71. The fraction of sp³-hybridized carbons (Fsp3) is 0.308. The fourth-order valence-electron chi connectivity index (χ4n) is 5.11. The summed E-state index contributed by atoms with van der Waals surface area (Å²) in [6.07, 6.45) is 14.9. The maximum Gasteiger partial charge on any atom is 0.142 e. The zero-order valence-corrected chi connectivity index (χ0v) is 27.5. The van der Waals surface area contributed by atoms with Crippen LogP contribution in [0.2, 0.25) is 0 Å². The van der Waals surface area contributed by atoms with Crippen molar-refractivity contribution in [2.75, 3.05) is 0 Å². The van der Waals surface area contributed by atoms with Gasteiger partial charge in [-0.25, -0.2) is 9.97 Å². The first kappa shape index (κ1) is 33.2. The van der Waals surface area contributed by atoms with Crippen LogP contribution in [-0.4, -0.2) is 25.3 Å². The molecule has 0 N–H and O–H groups in total. The number of hydrogen-bond donors (Lipinski definition) is 0. The maximum atomic E-state index is 5.32. The Balaban J connectivity index is 0.000000215. The average Bonchev–Trinajstić information content (AvgIpc) is 3.55. The minimum absolute atomic E-state index is 0.513. The number of para-hydroxylation sites is 4. The Labute approximate surface area is 268 Å². The third-order valence-corrected chi connectivity index (χ3v) is 7.77. The molecular formula is C39H47N5O. The van der Waals surface area contributed by atoms with Gasteiger partial charge in [-0.2, -0.15) is 0 Å². The number of aryl methyl sites for hydroxylation is 2. The summed E-state index contributed by atoms with van der Waals surface area (Å²) in [5.41, 5.74) is 8.46. The summed E-state index contributed by atoms with van der Waals surface area (Å²) in [5.74, 6) is 2.13. The number of nitrogens with zero attached hydrogens (tertiary/aromatic N) is 5. The van der Waals surface area contributed by atoms with E-state index >= 15 is 0 Å². The first-order valence-electron chi connectivity index (χ1n) is 15.9. The molecule has 0 aliphatic heterocycles. The predicted molar refractivity (Wildman–Crippen MR) is 189 cm³/mol. The van der Waals surface area contributed by atoms with Gasteiger partial charge in [0.15, 0.2) is 0 Å². The molecule has 234 valence electrons. The first-order valence-corrected chi connectivity index (χ1v) is 15.9. The highest BCUT2D eigenvalue weighted by Crippen LogP contribution is 2.17. The van der Waals surface area contributed by atoms with E-state index in [1.165, 1.54) is 22.2 Å². The van der Waals surface area contributed by atoms with Crippen molar-refractivity contribution in [3.05, 3.63) is 132 Å².